The van der Waals surface area contributed by atoms with Gasteiger partial charge in [0.25, 0.3) is 0 Å². The van der Waals surface area contributed by atoms with Crippen LogP contribution in [0.15, 0.2) is 38.0 Å². The molecular weight excluding hydrogens is 180 g/mol. The molecule has 2 unspecified atom stereocenters. The molecule has 0 N–H and O–H groups in total. The van der Waals surface area contributed by atoms with Gasteiger partial charge in [0.1, 0.15) is 0 Å². The number of hydrogen-bond donors (Lipinski definition) is 0. The minimum Gasteiger partial charge on any atom is -0.103 e. The molecule has 0 heterocycles. The second-order valence-electron chi connectivity index (χ2n) is 4.60. The van der Waals surface area contributed by atoms with E-state index in [1.165, 1.54) is 25.7 Å². The molecule has 15 heavy (non-hydrogen) atoms. The van der Waals surface area contributed by atoms with Crippen LogP contribution in [0, 0.1) is 17.8 Å². The molecule has 0 heteroatoms. The Morgan fingerprint density at radius 1 is 1.13 bits per heavy atom. The van der Waals surface area contributed by atoms with Crippen LogP contribution in [0.5, 0.6) is 0 Å². The summed E-state index contributed by atoms with van der Waals surface area (Å²) in [5.41, 5.74) is 0.315. The molecule has 0 aliphatic heterocycles. The second-order valence-corrected chi connectivity index (χ2v) is 4.60. The van der Waals surface area contributed by atoms with Crippen LogP contribution >= 0.6 is 0 Å². The molecule has 1 rings (SSSR count). The van der Waals surface area contributed by atoms with E-state index in [2.05, 4.69) is 38.3 Å². The van der Waals surface area contributed by atoms with Crippen molar-refractivity contribution in [3.8, 4) is 0 Å². The van der Waals surface area contributed by atoms with Crippen molar-refractivity contribution in [3.63, 3.8) is 0 Å². The SMILES string of the molecule is C=C[CH]C1(CC=C)CCCCC1CC=C. The zero-order valence-electron chi connectivity index (χ0n) is 9.75. The van der Waals surface area contributed by atoms with Gasteiger partial charge in [0.2, 0.25) is 0 Å². The minimum absolute atomic E-state index is 0.315. The van der Waals surface area contributed by atoms with Crippen molar-refractivity contribution in [2.45, 2.75) is 38.5 Å². The van der Waals surface area contributed by atoms with Gasteiger partial charge in [-0.1, -0.05) is 31.1 Å². The number of rotatable bonds is 6. The van der Waals surface area contributed by atoms with E-state index in [9.17, 15) is 0 Å². The fourth-order valence-electron chi connectivity index (χ4n) is 2.95. The van der Waals surface area contributed by atoms with Gasteiger partial charge in [0.05, 0.1) is 0 Å². The highest BCUT2D eigenvalue weighted by Crippen LogP contribution is 2.48. The summed E-state index contributed by atoms with van der Waals surface area (Å²) in [5, 5.41) is 0. The molecule has 0 aromatic carbocycles. The number of hydrogen-bond acceptors (Lipinski definition) is 0. The van der Waals surface area contributed by atoms with Crippen LogP contribution in [0.4, 0.5) is 0 Å². The smallest absolute Gasteiger partial charge is 0.0105 e. The van der Waals surface area contributed by atoms with Gasteiger partial charge >= 0.3 is 0 Å². The number of allylic oxidation sites excluding steroid dienone is 3. The van der Waals surface area contributed by atoms with Crippen LogP contribution in [-0.4, -0.2) is 0 Å². The van der Waals surface area contributed by atoms with Crippen molar-refractivity contribution in [2.24, 2.45) is 11.3 Å². The maximum atomic E-state index is 3.90. The molecular formula is C15H23. The first kappa shape index (κ1) is 12.3. The Labute approximate surface area is 94.8 Å². The van der Waals surface area contributed by atoms with Crippen LogP contribution in [0.2, 0.25) is 0 Å². The molecule has 1 aliphatic rings. The third-order valence-electron chi connectivity index (χ3n) is 3.68. The Kier molecular flexibility index (Phi) is 4.87. The van der Waals surface area contributed by atoms with E-state index < -0.39 is 0 Å². The molecule has 1 radical (unpaired) electrons. The van der Waals surface area contributed by atoms with Crippen molar-refractivity contribution in [1.29, 1.82) is 0 Å². The van der Waals surface area contributed by atoms with Crippen molar-refractivity contribution in [1.82, 2.24) is 0 Å². The standard InChI is InChI=1S/C15H23/c1-4-9-14-10-7-8-13-15(14,11-5-2)12-6-3/h4-6,11,14H,1-3,7-10,12-13H2. The Balaban J connectivity index is 2.81. The molecule has 0 aromatic rings. The van der Waals surface area contributed by atoms with Gasteiger partial charge in [0.15, 0.2) is 0 Å². The van der Waals surface area contributed by atoms with E-state index in [0.29, 0.717) is 5.41 Å². The molecule has 0 saturated heterocycles. The maximum absolute atomic E-state index is 3.90. The third kappa shape index (κ3) is 2.84. The first-order valence-electron chi connectivity index (χ1n) is 5.98. The topological polar surface area (TPSA) is 0 Å². The van der Waals surface area contributed by atoms with Gasteiger partial charge in [-0.25, -0.2) is 0 Å². The largest absolute Gasteiger partial charge is 0.103 e. The molecule has 1 fully saturated rings. The van der Waals surface area contributed by atoms with Crippen LogP contribution in [-0.2, 0) is 0 Å². The monoisotopic (exact) mass is 203 g/mol. The van der Waals surface area contributed by atoms with Crippen molar-refractivity contribution < 1.29 is 0 Å². The van der Waals surface area contributed by atoms with Gasteiger partial charge in [-0.15, -0.1) is 19.7 Å². The Morgan fingerprint density at radius 2 is 1.93 bits per heavy atom. The third-order valence-corrected chi connectivity index (χ3v) is 3.68. The fraction of sp³-hybridized carbons (Fsp3) is 0.533. The zero-order valence-corrected chi connectivity index (χ0v) is 9.75. The lowest BCUT2D eigenvalue weighted by Crippen LogP contribution is -2.33. The zero-order chi connectivity index (χ0) is 11.1. The van der Waals surface area contributed by atoms with Gasteiger partial charge in [-0.2, -0.15) is 0 Å². The van der Waals surface area contributed by atoms with E-state index in [0.717, 1.165) is 18.8 Å². The van der Waals surface area contributed by atoms with Crippen LogP contribution in [0.25, 0.3) is 0 Å². The first-order chi connectivity index (χ1) is 7.29. The predicted octanol–water partition coefficient (Wildman–Crippen LogP) is 4.71. The molecule has 2 atom stereocenters. The average Bonchev–Trinajstić information content (AvgIpc) is 2.23. The van der Waals surface area contributed by atoms with E-state index in [-0.39, 0.29) is 0 Å². The van der Waals surface area contributed by atoms with Crippen LogP contribution in [0.1, 0.15) is 38.5 Å². The van der Waals surface area contributed by atoms with E-state index in [4.69, 9.17) is 0 Å². The summed E-state index contributed by atoms with van der Waals surface area (Å²) >= 11 is 0. The average molecular weight is 203 g/mol. The highest BCUT2D eigenvalue weighted by atomic mass is 14.4. The lowest BCUT2D eigenvalue weighted by molar-refractivity contribution is 0.140. The summed E-state index contributed by atoms with van der Waals surface area (Å²) in [6.45, 7) is 11.6. The van der Waals surface area contributed by atoms with Gasteiger partial charge in [-0.05, 0) is 43.4 Å². The van der Waals surface area contributed by atoms with Crippen molar-refractivity contribution in [2.75, 3.05) is 0 Å². The lowest BCUT2D eigenvalue weighted by atomic mass is 9.61. The summed E-state index contributed by atoms with van der Waals surface area (Å²) in [4.78, 5) is 0. The molecule has 0 nitrogen and oxygen atoms in total. The van der Waals surface area contributed by atoms with Crippen molar-refractivity contribution in [3.05, 3.63) is 44.4 Å². The Hall–Kier alpha value is -0.780. The van der Waals surface area contributed by atoms with Crippen molar-refractivity contribution >= 4 is 0 Å². The van der Waals surface area contributed by atoms with Gasteiger partial charge in [0, 0.05) is 0 Å². The van der Waals surface area contributed by atoms with Crippen LogP contribution in [0.3, 0.4) is 0 Å². The summed E-state index contributed by atoms with van der Waals surface area (Å²) in [6.07, 6.45) is 15.9. The van der Waals surface area contributed by atoms with Crippen LogP contribution < -0.4 is 0 Å². The van der Waals surface area contributed by atoms with E-state index in [1.807, 2.05) is 6.08 Å². The first-order valence-corrected chi connectivity index (χ1v) is 5.98. The molecule has 0 spiro atoms. The highest BCUT2D eigenvalue weighted by molar-refractivity contribution is 5.09. The minimum atomic E-state index is 0.315. The summed E-state index contributed by atoms with van der Waals surface area (Å²) in [6, 6.07) is 0. The molecule has 0 bridgehead atoms. The summed E-state index contributed by atoms with van der Waals surface area (Å²) in [7, 11) is 0. The molecule has 0 aromatic heterocycles. The predicted molar refractivity (Wildman–Crippen MR) is 68.5 cm³/mol. The Morgan fingerprint density at radius 3 is 2.53 bits per heavy atom. The molecule has 83 valence electrons. The van der Waals surface area contributed by atoms with Gasteiger partial charge < -0.3 is 0 Å². The molecule has 1 saturated carbocycles. The van der Waals surface area contributed by atoms with E-state index >= 15 is 0 Å². The van der Waals surface area contributed by atoms with Gasteiger partial charge in [-0.3, -0.25) is 0 Å². The highest BCUT2D eigenvalue weighted by Gasteiger charge is 2.37. The summed E-state index contributed by atoms with van der Waals surface area (Å²) in [5.74, 6) is 0.736. The maximum Gasteiger partial charge on any atom is -0.0105 e. The Bertz CT molecular complexity index is 214. The summed E-state index contributed by atoms with van der Waals surface area (Å²) < 4.78 is 0. The molecule has 0 amide bonds. The molecule has 1 aliphatic carbocycles. The lowest BCUT2D eigenvalue weighted by Gasteiger charge is -2.43. The fourth-order valence-corrected chi connectivity index (χ4v) is 2.95. The van der Waals surface area contributed by atoms with E-state index in [1.54, 1.807) is 0 Å². The normalized spacial score (nSPS) is 24.4. The quantitative estimate of drug-likeness (QED) is 0.549. The second kappa shape index (κ2) is 5.95.